The molecule has 6 N–H and O–H groups in total. The highest BCUT2D eigenvalue weighted by molar-refractivity contribution is 8.67. The van der Waals surface area contributed by atoms with Gasteiger partial charge in [0.2, 0.25) is 0 Å². The van der Waals surface area contributed by atoms with Crippen molar-refractivity contribution in [2.24, 2.45) is 0 Å². The lowest BCUT2D eigenvalue weighted by molar-refractivity contribution is -0.292. The Balaban J connectivity index is 1.73. The Hall–Kier alpha value is -0.500. The molecular formula is C44H86O14S2. The van der Waals surface area contributed by atoms with E-state index in [1.807, 2.05) is 0 Å². The van der Waals surface area contributed by atoms with Gasteiger partial charge in [-0.2, -0.15) is 0 Å². The van der Waals surface area contributed by atoms with Crippen molar-refractivity contribution < 1.29 is 66.4 Å². The van der Waals surface area contributed by atoms with Gasteiger partial charge in [0.1, 0.15) is 48.8 Å². The molecule has 0 bridgehead atoms. The average Bonchev–Trinajstić information content (AvgIpc) is 3.21. The molecule has 2 fully saturated rings. The van der Waals surface area contributed by atoms with E-state index >= 15 is 0 Å². The van der Waals surface area contributed by atoms with Crippen LogP contribution in [0.15, 0.2) is 0 Å². The predicted molar refractivity (Wildman–Crippen MR) is 233 cm³/mol. The second kappa shape index (κ2) is 32.2. The third kappa shape index (κ3) is 21.5. The van der Waals surface area contributed by atoms with E-state index in [-0.39, 0.29) is 13.2 Å². The summed E-state index contributed by atoms with van der Waals surface area (Å²) in [6, 6.07) is 0. The molecule has 2 rings (SSSR count). The minimum atomic E-state index is -5.16. The van der Waals surface area contributed by atoms with E-state index in [4.69, 9.17) is 18.9 Å². The summed E-state index contributed by atoms with van der Waals surface area (Å²) in [4.78, 5) is 0. The highest BCUT2D eigenvalue weighted by atomic mass is 33.2. The molecule has 10 unspecified atom stereocenters. The first-order chi connectivity index (χ1) is 28.8. The largest absolute Gasteiger partial charge is 0.388 e. The Labute approximate surface area is 362 Å². The van der Waals surface area contributed by atoms with Crippen molar-refractivity contribution >= 4 is 17.7 Å². The molecular weight excluding hydrogens is 817 g/mol. The molecule has 10 atom stereocenters. The standard InChI is InChI=1S/C44H86O14S2/c1-3-5-7-9-11-13-15-17-19-21-23-25-27-29-31-55-43-41(49)39(47)37(45)35(57-43)33-59(51,52)60(53,54)34-36-38(46)40(48)42(50)44(58-36)56-32-30-28-26-24-22-20-18-16-14-12-10-8-6-4-2/h35-50H,3-34H2,1-2H3. The van der Waals surface area contributed by atoms with Gasteiger partial charge in [-0.05, 0) is 12.8 Å². The molecule has 14 nitrogen and oxygen atoms in total. The number of ether oxygens (including phenoxy) is 4. The lowest BCUT2D eigenvalue weighted by Crippen LogP contribution is -2.61. The summed E-state index contributed by atoms with van der Waals surface area (Å²) in [5.41, 5.74) is 0. The van der Waals surface area contributed by atoms with Gasteiger partial charge >= 0.3 is 0 Å². The molecule has 0 aromatic rings. The lowest BCUT2D eigenvalue weighted by Gasteiger charge is -2.41. The normalized spacial score (nSPS) is 27.7. The summed E-state index contributed by atoms with van der Waals surface area (Å²) in [5, 5.41) is 63.0. The van der Waals surface area contributed by atoms with Crippen LogP contribution in [0, 0.1) is 0 Å². The summed E-state index contributed by atoms with van der Waals surface area (Å²) < 4.78 is 75.3. The van der Waals surface area contributed by atoms with Gasteiger partial charge in [-0.25, -0.2) is 16.8 Å². The van der Waals surface area contributed by atoms with Gasteiger partial charge in [-0.1, -0.05) is 181 Å². The maximum absolute atomic E-state index is 13.3. The number of aliphatic hydroxyl groups is 6. The average molecular weight is 903 g/mol. The molecule has 2 aliphatic heterocycles. The number of aliphatic hydroxyl groups excluding tert-OH is 6. The lowest BCUT2D eigenvalue weighted by atomic mass is 10.00. The molecule has 0 amide bonds. The van der Waals surface area contributed by atoms with Gasteiger partial charge in [-0.3, -0.25) is 0 Å². The molecule has 0 radical (unpaired) electrons. The second-order valence-corrected chi connectivity index (χ2v) is 23.4. The highest BCUT2D eigenvalue weighted by Crippen LogP contribution is 2.28. The minimum Gasteiger partial charge on any atom is -0.388 e. The fraction of sp³-hybridized carbons (Fsp3) is 1.00. The van der Waals surface area contributed by atoms with E-state index in [1.54, 1.807) is 0 Å². The molecule has 2 heterocycles. The molecule has 0 aromatic carbocycles. The SMILES string of the molecule is CCCCCCCCCCCCCCCCOC1OC(CS(=O)(=O)S(=O)(=O)CC2OC(OCCCCCCCCCCCCCCCC)C(O)C(O)C2O)C(O)C(O)C1O. The van der Waals surface area contributed by atoms with Crippen LogP contribution < -0.4 is 0 Å². The topological polar surface area (TPSA) is 227 Å². The zero-order valence-electron chi connectivity index (χ0n) is 37.2. The molecule has 2 saturated heterocycles. The fourth-order valence-corrected chi connectivity index (χ4v) is 11.8. The molecule has 0 aliphatic carbocycles. The first-order valence-electron chi connectivity index (χ1n) is 23.8. The molecule has 0 aromatic heterocycles. The van der Waals surface area contributed by atoms with Crippen LogP contribution in [0.5, 0.6) is 0 Å². The highest BCUT2D eigenvalue weighted by Gasteiger charge is 2.50. The first kappa shape index (κ1) is 55.6. The van der Waals surface area contributed by atoms with Gasteiger partial charge in [0, 0.05) is 13.2 Å². The van der Waals surface area contributed by atoms with Crippen molar-refractivity contribution in [3.05, 3.63) is 0 Å². The molecule has 2 aliphatic rings. The maximum atomic E-state index is 13.3. The van der Waals surface area contributed by atoms with Crippen LogP contribution in [0.3, 0.4) is 0 Å². The predicted octanol–water partition coefficient (Wildman–Crippen LogP) is 6.34. The Kier molecular flexibility index (Phi) is 29.9. The van der Waals surface area contributed by atoms with E-state index < -0.39 is 90.7 Å². The van der Waals surface area contributed by atoms with Crippen LogP contribution in [-0.2, 0) is 36.7 Å². The third-order valence-electron chi connectivity index (χ3n) is 12.0. The van der Waals surface area contributed by atoms with Crippen LogP contribution in [0.2, 0.25) is 0 Å². The van der Waals surface area contributed by atoms with E-state index in [2.05, 4.69) is 13.8 Å². The third-order valence-corrected chi connectivity index (χ3v) is 17.4. The molecule has 16 heteroatoms. The summed E-state index contributed by atoms with van der Waals surface area (Å²) >= 11 is 0. The Morgan fingerprint density at radius 1 is 0.350 bits per heavy atom. The number of unbranched alkanes of at least 4 members (excludes halogenated alkanes) is 26. The van der Waals surface area contributed by atoms with Crippen LogP contribution in [0.4, 0.5) is 0 Å². The summed E-state index contributed by atoms with van der Waals surface area (Å²) in [6.07, 6.45) is 15.1. The Bertz CT molecular complexity index is 1180. The van der Waals surface area contributed by atoms with Crippen LogP contribution in [-0.4, -0.2) is 134 Å². The van der Waals surface area contributed by atoms with E-state index in [1.165, 1.54) is 116 Å². The monoisotopic (exact) mass is 903 g/mol. The number of hydrogen-bond donors (Lipinski definition) is 6. The van der Waals surface area contributed by atoms with Crippen molar-refractivity contribution in [3.8, 4) is 0 Å². The number of hydrogen-bond acceptors (Lipinski definition) is 14. The second-order valence-electron chi connectivity index (χ2n) is 17.4. The zero-order chi connectivity index (χ0) is 44.2. The zero-order valence-corrected chi connectivity index (χ0v) is 38.8. The minimum absolute atomic E-state index is 0.133. The molecule has 0 saturated carbocycles. The van der Waals surface area contributed by atoms with E-state index in [0.29, 0.717) is 12.8 Å². The summed E-state index contributed by atoms with van der Waals surface area (Å²) in [6.45, 7) is 4.72. The van der Waals surface area contributed by atoms with E-state index in [0.717, 1.165) is 51.4 Å². The Morgan fingerprint density at radius 3 is 0.833 bits per heavy atom. The van der Waals surface area contributed by atoms with Crippen LogP contribution >= 0.6 is 0 Å². The molecule has 358 valence electrons. The summed E-state index contributed by atoms with van der Waals surface area (Å²) in [5.74, 6) is -2.57. The summed E-state index contributed by atoms with van der Waals surface area (Å²) in [7, 11) is -10.3. The van der Waals surface area contributed by atoms with Crippen molar-refractivity contribution in [1.82, 2.24) is 0 Å². The van der Waals surface area contributed by atoms with Crippen LogP contribution in [0.25, 0.3) is 0 Å². The van der Waals surface area contributed by atoms with Crippen LogP contribution in [0.1, 0.15) is 194 Å². The van der Waals surface area contributed by atoms with Crippen molar-refractivity contribution in [1.29, 1.82) is 0 Å². The van der Waals surface area contributed by atoms with Crippen molar-refractivity contribution in [3.63, 3.8) is 0 Å². The van der Waals surface area contributed by atoms with Gasteiger partial charge in [0.05, 0.1) is 11.5 Å². The first-order valence-corrected chi connectivity index (χ1v) is 27.7. The smallest absolute Gasteiger partial charge is 0.256 e. The Morgan fingerprint density at radius 2 is 0.583 bits per heavy atom. The molecule has 0 spiro atoms. The van der Waals surface area contributed by atoms with Gasteiger partial charge in [0.25, 0.3) is 17.7 Å². The fourth-order valence-electron chi connectivity index (χ4n) is 7.99. The molecule has 60 heavy (non-hydrogen) atoms. The van der Waals surface area contributed by atoms with Gasteiger partial charge in [-0.15, -0.1) is 0 Å². The van der Waals surface area contributed by atoms with E-state index in [9.17, 15) is 47.5 Å². The number of rotatable bonds is 37. The maximum Gasteiger partial charge on any atom is 0.256 e. The van der Waals surface area contributed by atoms with Crippen molar-refractivity contribution in [2.45, 2.75) is 255 Å². The van der Waals surface area contributed by atoms with Gasteiger partial charge in [0.15, 0.2) is 12.6 Å². The van der Waals surface area contributed by atoms with Gasteiger partial charge < -0.3 is 49.6 Å². The van der Waals surface area contributed by atoms with Crippen molar-refractivity contribution in [2.75, 3.05) is 24.7 Å². The quantitative estimate of drug-likeness (QED) is 0.0296.